The number of rotatable bonds is 6. The maximum Gasteiger partial charge on any atom is 0.310 e. The molecule has 3 rings (SSSR count). The lowest BCUT2D eigenvalue weighted by atomic mass is 10.0. The van der Waals surface area contributed by atoms with Crippen molar-refractivity contribution in [1.82, 2.24) is 4.57 Å². The van der Waals surface area contributed by atoms with Gasteiger partial charge in [-0.1, -0.05) is 42.5 Å². The number of Topliss-reactive ketones (excluding diaryl/α,β-unsaturated/α-hetero) is 1. The smallest absolute Gasteiger partial charge is 0.310 e. The highest BCUT2D eigenvalue weighted by molar-refractivity contribution is 5.99. The summed E-state index contributed by atoms with van der Waals surface area (Å²) in [6, 6.07) is 15.6. The minimum atomic E-state index is -0.390. The number of carbonyl (C=O) groups is 2. The molecular weight excluding hydrogens is 326 g/mol. The highest BCUT2D eigenvalue weighted by Crippen LogP contribution is 2.19. The topological polar surface area (TPSA) is 48.3 Å². The number of nitrogens with zero attached hydrogens (tertiary/aromatic N) is 1. The molecule has 3 aromatic rings. The number of aromatic nitrogens is 1. The third-order valence-corrected chi connectivity index (χ3v) is 4.77. The van der Waals surface area contributed by atoms with Crippen molar-refractivity contribution >= 4 is 22.5 Å². The highest BCUT2D eigenvalue weighted by atomic mass is 16.5. The summed E-state index contributed by atoms with van der Waals surface area (Å²) >= 11 is 0. The van der Waals surface area contributed by atoms with Gasteiger partial charge in [-0.05, 0) is 43.2 Å². The van der Waals surface area contributed by atoms with Crippen LogP contribution in [0, 0.1) is 13.8 Å². The van der Waals surface area contributed by atoms with E-state index < -0.39 is 0 Å². The second kappa shape index (κ2) is 7.56. The van der Waals surface area contributed by atoms with Gasteiger partial charge in [-0.2, -0.15) is 0 Å². The van der Waals surface area contributed by atoms with E-state index in [9.17, 15) is 9.59 Å². The Morgan fingerprint density at radius 2 is 1.77 bits per heavy atom. The minimum Gasteiger partial charge on any atom is -0.457 e. The zero-order chi connectivity index (χ0) is 18.7. The van der Waals surface area contributed by atoms with Crippen LogP contribution >= 0.6 is 0 Å². The summed E-state index contributed by atoms with van der Waals surface area (Å²) in [4.78, 5) is 24.7. The Balaban J connectivity index is 1.66. The van der Waals surface area contributed by atoms with Crippen molar-refractivity contribution in [3.8, 4) is 0 Å². The number of ether oxygens (including phenoxy) is 1. The van der Waals surface area contributed by atoms with Crippen LogP contribution in [0.2, 0.25) is 0 Å². The monoisotopic (exact) mass is 349 g/mol. The van der Waals surface area contributed by atoms with E-state index in [1.807, 2.05) is 69.3 Å². The molecule has 0 amide bonds. The molecule has 0 aliphatic carbocycles. The first kappa shape index (κ1) is 17.9. The second-order valence-electron chi connectivity index (χ2n) is 6.43. The minimum absolute atomic E-state index is 0.155. The molecule has 0 unspecified atom stereocenters. The predicted molar refractivity (Wildman–Crippen MR) is 103 cm³/mol. The molecular formula is C22H23NO3. The number of fused-ring (bicyclic) bond motifs is 1. The van der Waals surface area contributed by atoms with Gasteiger partial charge in [-0.15, -0.1) is 0 Å². The molecule has 26 heavy (non-hydrogen) atoms. The lowest BCUT2D eigenvalue weighted by Gasteiger charge is -2.08. The van der Waals surface area contributed by atoms with Crippen LogP contribution in [0.25, 0.3) is 10.8 Å². The zero-order valence-electron chi connectivity index (χ0n) is 15.4. The van der Waals surface area contributed by atoms with E-state index in [0.29, 0.717) is 5.56 Å². The summed E-state index contributed by atoms with van der Waals surface area (Å²) < 4.78 is 7.33. The summed E-state index contributed by atoms with van der Waals surface area (Å²) in [5, 5.41) is 2.12. The van der Waals surface area contributed by atoms with Crippen LogP contribution in [-0.2, 0) is 22.5 Å². The lowest BCUT2D eigenvalue weighted by Crippen LogP contribution is -2.16. The van der Waals surface area contributed by atoms with Gasteiger partial charge in [-0.25, -0.2) is 0 Å². The molecule has 0 spiro atoms. The molecule has 1 heterocycles. The van der Waals surface area contributed by atoms with E-state index in [4.69, 9.17) is 4.74 Å². The van der Waals surface area contributed by atoms with Crippen molar-refractivity contribution in [3.63, 3.8) is 0 Å². The third-order valence-electron chi connectivity index (χ3n) is 4.77. The van der Waals surface area contributed by atoms with E-state index in [0.717, 1.165) is 34.3 Å². The van der Waals surface area contributed by atoms with Gasteiger partial charge in [0.1, 0.15) is 0 Å². The van der Waals surface area contributed by atoms with Crippen LogP contribution in [0.15, 0.2) is 48.5 Å². The fourth-order valence-corrected chi connectivity index (χ4v) is 3.45. The van der Waals surface area contributed by atoms with Gasteiger partial charge in [0.25, 0.3) is 0 Å². The summed E-state index contributed by atoms with van der Waals surface area (Å²) in [5.74, 6) is -0.553. The molecule has 0 aliphatic heterocycles. The lowest BCUT2D eigenvalue weighted by molar-refractivity contribution is -0.141. The molecule has 0 bridgehead atoms. The maximum atomic E-state index is 12.4. The van der Waals surface area contributed by atoms with Gasteiger partial charge in [0.15, 0.2) is 6.61 Å². The number of aryl methyl sites for hydroxylation is 1. The van der Waals surface area contributed by atoms with Crippen LogP contribution in [-0.4, -0.2) is 22.9 Å². The summed E-state index contributed by atoms with van der Waals surface area (Å²) in [6.45, 7) is 6.52. The Hall–Kier alpha value is -2.88. The normalized spacial score (nSPS) is 10.9. The van der Waals surface area contributed by atoms with Crippen molar-refractivity contribution in [1.29, 1.82) is 0 Å². The Labute approximate surface area is 153 Å². The van der Waals surface area contributed by atoms with E-state index >= 15 is 0 Å². The number of hydrogen-bond acceptors (Lipinski definition) is 3. The van der Waals surface area contributed by atoms with Gasteiger partial charge in [0.2, 0.25) is 5.78 Å². The predicted octanol–water partition coefficient (Wildman–Crippen LogP) is 4.25. The first-order valence-electron chi connectivity index (χ1n) is 8.83. The largest absolute Gasteiger partial charge is 0.457 e. The molecule has 4 nitrogen and oxygen atoms in total. The molecule has 1 aromatic heterocycles. The molecule has 0 N–H and O–H groups in total. The van der Waals surface area contributed by atoms with Crippen LogP contribution in [0.4, 0.5) is 0 Å². The molecule has 0 fully saturated rings. The van der Waals surface area contributed by atoms with E-state index in [2.05, 4.69) is 4.57 Å². The van der Waals surface area contributed by atoms with Gasteiger partial charge < -0.3 is 9.30 Å². The Kier molecular flexibility index (Phi) is 5.21. The molecule has 0 saturated heterocycles. The van der Waals surface area contributed by atoms with Crippen molar-refractivity contribution in [2.24, 2.45) is 0 Å². The number of esters is 1. The van der Waals surface area contributed by atoms with Crippen LogP contribution in [0.3, 0.4) is 0 Å². The number of ketones is 1. The Morgan fingerprint density at radius 1 is 1.04 bits per heavy atom. The second-order valence-corrected chi connectivity index (χ2v) is 6.43. The third kappa shape index (κ3) is 3.54. The van der Waals surface area contributed by atoms with Crippen LogP contribution < -0.4 is 0 Å². The molecule has 4 heteroatoms. The van der Waals surface area contributed by atoms with Gasteiger partial charge in [0.05, 0.1) is 6.42 Å². The van der Waals surface area contributed by atoms with E-state index in [1.54, 1.807) is 0 Å². The van der Waals surface area contributed by atoms with Gasteiger partial charge >= 0.3 is 5.97 Å². The van der Waals surface area contributed by atoms with E-state index in [-0.39, 0.29) is 24.8 Å². The molecule has 2 aromatic carbocycles. The maximum absolute atomic E-state index is 12.4. The first-order chi connectivity index (χ1) is 12.5. The Morgan fingerprint density at radius 3 is 2.50 bits per heavy atom. The van der Waals surface area contributed by atoms with Gasteiger partial charge in [0, 0.05) is 23.5 Å². The molecule has 134 valence electrons. The molecule has 0 aliphatic rings. The SMILES string of the molecule is CCn1c(C)cc(C(=O)COC(=O)Cc2cccc3ccccc23)c1C. The number of benzene rings is 2. The fraction of sp³-hybridized carbons (Fsp3) is 0.273. The standard InChI is InChI=1S/C22H23NO3/c1-4-23-15(2)12-20(16(23)3)21(24)14-26-22(25)13-18-10-7-9-17-8-5-6-11-19(17)18/h5-12H,4,13-14H2,1-3H3. The summed E-state index contributed by atoms with van der Waals surface area (Å²) in [6.07, 6.45) is 0.155. The van der Waals surface area contributed by atoms with Gasteiger partial charge in [-0.3, -0.25) is 9.59 Å². The molecule has 0 atom stereocenters. The average Bonchev–Trinajstić information content (AvgIpc) is 2.93. The Bertz CT molecular complexity index is 963. The van der Waals surface area contributed by atoms with Crippen LogP contribution in [0.1, 0.15) is 34.2 Å². The number of carbonyl (C=O) groups excluding carboxylic acids is 2. The highest BCUT2D eigenvalue weighted by Gasteiger charge is 2.17. The first-order valence-corrected chi connectivity index (χ1v) is 8.83. The molecule has 0 radical (unpaired) electrons. The number of hydrogen-bond donors (Lipinski definition) is 0. The van der Waals surface area contributed by atoms with Crippen molar-refractivity contribution in [3.05, 3.63) is 71.0 Å². The van der Waals surface area contributed by atoms with Crippen LogP contribution in [0.5, 0.6) is 0 Å². The summed E-state index contributed by atoms with van der Waals surface area (Å²) in [5.41, 5.74) is 3.49. The zero-order valence-corrected chi connectivity index (χ0v) is 15.4. The van der Waals surface area contributed by atoms with Crippen molar-refractivity contribution < 1.29 is 14.3 Å². The van der Waals surface area contributed by atoms with Crippen molar-refractivity contribution in [2.45, 2.75) is 33.7 Å². The average molecular weight is 349 g/mol. The van der Waals surface area contributed by atoms with Crippen molar-refractivity contribution in [2.75, 3.05) is 6.61 Å². The van der Waals surface area contributed by atoms with E-state index in [1.165, 1.54) is 0 Å². The quantitative estimate of drug-likeness (QED) is 0.494. The summed E-state index contributed by atoms with van der Waals surface area (Å²) in [7, 11) is 0. The fourth-order valence-electron chi connectivity index (χ4n) is 3.45. The molecule has 0 saturated carbocycles.